The Hall–Kier alpha value is -2.10. The second kappa shape index (κ2) is 3.57. The van der Waals surface area contributed by atoms with E-state index in [9.17, 15) is 9.59 Å². The molecule has 4 heteroatoms. The molecule has 0 aliphatic carbocycles. The Kier molecular flexibility index (Phi) is 2.25. The highest BCUT2D eigenvalue weighted by Gasteiger charge is 2.01. The van der Waals surface area contributed by atoms with Gasteiger partial charge < -0.3 is 10.3 Å². The third kappa shape index (κ3) is 1.88. The van der Waals surface area contributed by atoms with Gasteiger partial charge in [-0.15, -0.1) is 0 Å². The fourth-order valence-corrected chi connectivity index (χ4v) is 1.47. The maximum absolute atomic E-state index is 11.6. The fourth-order valence-electron chi connectivity index (χ4n) is 1.47. The molecule has 0 spiro atoms. The van der Waals surface area contributed by atoms with Crippen molar-refractivity contribution in [3.8, 4) is 0 Å². The predicted molar refractivity (Wildman–Crippen MR) is 58.9 cm³/mol. The Morgan fingerprint density at radius 3 is 2.80 bits per heavy atom. The molecular weight excluding hydrogens is 192 g/mol. The second-order valence-corrected chi connectivity index (χ2v) is 3.28. The summed E-state index contributed by atoms with van der Waals surface area (Å²) in [6.45, 7) is 1.40. The lowest BCUT2D eigenvalue weighted by molar-refractivity contribution is -0.114. The molecule has 0 unspecified atom stereocenters. The van der Waals surface area contributed by atoms with E-state index in [0.29, 0.717) is 11.2 Å². The number of rotatable bonds is 1. The molecule has 0 fully saturated rings. The Balaban J connectivity index is 2.62. The lowest BCUT2D eigenvalue weighted by Crippen LogP contribution is -2.13. The van der Waals surface area contributed by atoms with Crippen LogP contribution in [0.4, 0.5) is 5.82 Å². The van der Waals surface area contributed by atoms with Crippen LogP contribution in [0.25, 0.3) is 10.8 Å². The van der Waals surface area contributed by atoms with E-state index in [4.69, 9.17) is 0 Å². The molecule has 0 saturated carbocycles. The third-order valence-electron chi connectivity index (χ3n) is 2.06. The first-order valence-corrected chi connectivity index (χ1v) is 4.56. The zero-order valence-electron chi connectivity index (χ0n) is 8.20. The number of fused-ring (bicyclic) bond motifs is 1. The van der Waals surface area contributed by atoms with Gasteiger partial charge in [-0.1, -0.05) is 18.2 Å². The van der Waals surface area contributed by atoms with Crippen molar-refractivity contribution in [1.29, 1.82) is 0 Å². The van der Waals surface area contributed by atoms with Crippen molar-refractivity contribution < 1.29 is 4.79 Å². The number of amides is 1. The highest BCUT2D eigenvalue weighted by molar-refractivity contribution is 5.91. The Morgan fingerprint density at radius 2 is 2.07 bits per heavy atom. The van der Waals surface area contributed by atoms with E-state index in [1.807, 2.05) is 12.1 Å². The van der Waals surface area contributed by atoms with Crippen molar-refractivity contribution in [3.63, 3.8) is 0 Å². The van der Waals surface area contributed by atoms with Gasteiger partial charge in [0.05, 0.1) is 0 Å². The topological polar surface area (TPSA) is 62.0 Å². The lowest BCUT2D eigenvalue weighted by atomic mass is 10.2. The molecular formula is C11H10N2O2. The standard InChI is InChI=1S/C11H10N2O2/c1-7(14)12-10-6-8-4-2-3-5-9(8)11(15)13-10/h2-6H,1H3,(H2,12,13,14,15). The first kappa shape index (κ1) is 9.45. The Bertz CT molecular complexity index is 572. The van der Waals surface area contributed by atoms with E-state index in [-0.39, 0.29) is 11.5 Å². The van der Waals surface area contributed by atoms with E-state index < -0.39 is 0 Å². The third-order valence-corrected chi connectivity index (χ3v) is 2.06. The van der Waals surface area contributed by atoms with Crippen LogP contribution in [0, 0.1) is 0 Å². The van der Waals surface area contributed by atoms with E-state index in [0.717, 1.165) is 5.39 Å². The number of aromatic nitrogens is 1. The van der Waals surface area contributed by atoms with Crippen LogP contribution in [-0.2, 0) is 4.79 Å². The lowest BCUT2D eigenvalue weighted by Gasteiger charge is -2.03. The summed E-state index contributed by atoms with van der Waals surface area (Å²) in [4.78, 5) is 25.0. The number of aromatic amines is 1. The molecule has 1 aromatic carbocycles. The smallest absolute Gasteiger partial charge is 0.257 e. The molecule has 2 N–H and O–H groups in total. The van der Waals surface area contributed by atoms with Crippen LogP contribution in [0.15, 0.2) is 35.1 Å². The summed E-state index contributed by atoms with van der Waals surface area (Å²) in [7, 11) is 0. The maximum Gasteiger partial charge on any atom is 0.257 e. The summed E-state index contributed by atoms with van der Waals surface area (Å²) in [6.07, 6.45) is 0. The molecule has 2 aromatic rings. The van der Waals surface area contributed by atoms with Crippen molar-refractivity contribution in [2.45, 2.75) is 6.92 Å². The van der Waals surface area contributed by atoms with Crippen LogP contribution in [0.1, 0.15) is 6.92 Å². The summed E-state index contributed by atoms with van der Waals surface area (Å²) in [5.41, 5.74) is -0.197. The van der Waals surface area contributed by atoms with Gasteiger partial charge in [-0.2, -0.15) is 0 Å². The minimum Gasteiger partial charge on any atom is -0.312 e. The fraction of sp³-hybridized carbons (Fsp3) is 0.0909. The number of benzene rings is 1. The van der Waals surface area contributed by atoms with Gasteiger partial charge in [-0.3, -0.25) is 9.59 Å². The number of nitrogens with one attached hydrogen (secondary N) is 2. The monoisotopic (exact) mass is 202 g/mol. The van der Waals surface area contributed by atoms with Gasteiger partial charge in [0.25, 0.3) is 5.56 Å². The zero-order valence-corrected chi connectivity index (χ0v) is 8.20. The number of hydrogen-bond donors (Lipinski definition) is 2. The normalized spacial score (nSPS) is 10.2. The molecule has 76 valence electrons. The molecule has 1 amide bonds. The molecule has 0 atom stereocenters. The van der Waals surface area contributed by atoms with E-state index in [1.165, 1.54) is 6.92 Å². The summed E-state index contributed by atoms with van der Waals surface area (Å²) in [5, 5.41) is 3.97. The van der Waals surface area contributed by atoms with E-state index >= 15 is 0 Å². The highest BCUT2D eigenvalue weighted by Crippen LogP contribution is 2.12. The molecule has 1 heterocycles. The Morgan fingerprint density at radius 1 is 1.33 bits per heavy atom. The predicted octanol–water partition coefficient (Wildman–Crippen LogP) is 1.49. The Labute approximate surface area is 85.9 Å². The maximum atomic E-state index is 11.6. The highest BCUT2D eigenvalue weighted by atomic mass is 16.1. The van der Waals surface area contributed by atoms with Crippen molar-refractivity contribution >= 4 is 22.5 Å². The van der Waals surface area contributed by atoms with E-state index in [1.54, 1.807) is 18.2 Å². The van der Waals surface area contributed by atoms with E-state index in [2.05, 4.69) is 10.3 Å². The molecule has 4 nitrogen and oxygen atoms in total. The van der Waals surface area contributed by atoms with Gasteiger partial charge in [0, 0.05) is 12.3 Å². The summed E-state index contributed by atoms with van der Waals surface area (Å²) >= 11 is 0. The van der Waals surface area contributed by atoms with Crippen LogP contribution in [0.5, 0.6) is 0 Å². The largest absolute Gasteiger partial charge is 0.312 e. The van der Waals surface area contributed by atoms with Crippen LogP contribution in [0.2, 0.25) is 0 Å². The van der Waals surface area contributed by atoms with Gasteiger partial charge in [-0.05, 0) is 17.5 Å². The minimum atomic E-state index is -0.207. The number of anilines is 1. The van der Waals surface area contributed by atoms with Crippen LogP contribution in [0.3, 0.4) is 0 Å². The van der Waals surface area contributed by atoms with Gasteiger partial charge in [-0.25, -0.2) is 0 Å². The first-order valence-electron chi connectivity index (χ1n) is 4.56. The molecule has 2 rings (SSSR count). The molecule has 1 aromatic heterocycles. The van der Waals surface area contributed by atoms with Crippen LogP contribution in [-0.4, -0.2) is 10.9 Å². The molecule has 0 bridgehead atoms. The molecule has 0 saturated heterocycles. The minimum absolute atomic E-state index is 0.197. The van der Waals surface area contributed by atoms with Crippen molar-refractivity contribution in [3.05, 3.63) is 40.7 Å². The van der Waals surface area contributed by atoms with Crippen molar-refractivity contribution in [2.75, 3.05) is 5.32 Å². The summed E-state index contributed by atoms with van der Waals surface area (Å²) in [5.74, 6) is 0.215. The van der Waals surface area contributed by atoms with Gasteiger partial charge in [0.1, 0.15) is 5.82 Å². The zero-order chi connectivity index (χ0) is 10.8. The first-order chi connectivity index (χ1) is 7.16. The number of H-pyrrole nitrogens is 1. The molecule has 0 radical (unpaired) electrons. The average molecular weight is 202 g/mol. The number of pyridine rings is 1. The van der Waals surface area contributed by atoms with Gasteiger partial charge in [0.2, 0.25) is 5.91 Å². The number of carbonyl (C=O) groups excluding carboxylic acids is 1. The SMILES string of the molecule is CC(=O)Nc1cc2ccccc2c(=O)[nH]1. The molecule has 0 aliphatic heterocycles. The van der Waals surface area contributed by atoms with Crippen LogP contribution < -0.4 is 10.9 Å². The van der Waals surface area contributed by atoms with Crippen molar-refractivity contribution in [2.24, 2.45) is 0 Å². The van der Waals surface area contributed by atoms with Gasteiger partial charge in [0.15, 0.2) is 0 Å². The average Bonchev–Trinajstić information content (AvgIpc) is 2.16. The second-order valence-electron chi connectivity index (χ2n) is 3.28. The molecule has 0 aliphatic rings. The van der Waals surface area contributed by atoms with Gasteiger partial charge >= 0.3 is 0 Å². The number of hydrogen-bond acceptors (Lipinski definition) is 2. The quantitative estimate of drug-likeness (QED) is 0.735. The van der Waals surface area contributed by atoms with Crippen molar-refractivity contribution in [1.82, 2.24) is 4.98 Å². The summed E-state index contributed by atoms with van der Waals surface area (Å²) in [6, 6.07) is 8.95. The summed E-state index contributed by atoms with van der Waals surface area (Å²) < 4.78 is 0. The number of carbonyl (C=O) groups is 1. The molecule has 15 heavy (non-hydrogen) atoms. The van der Waals surface area contributed by atoms with Crippen LogP contribution >= 0.6 is 0 Å².